The number of thiazole rings is 2. The lowest BCUT2D eigenvalue weighted by Crippen LogP contribution is -2.45. The van der Waals surface area contributed by atoms with Gasteiger partial charge in [-0.15, -0.1) is 22.7 Å². The third-order valence-electron chi connectivity index (χ3n) is 7.97. The van der Waals surface area contributed by atoms with Crippen molar-refractivity contribution in [1.29, 1.82) is 0 Å². The summed E-state index contributed by atoms with van der Waals surface area (Å²) in [7, 11) is 0. The Kier molecular flexibility index (Phi) is 12.4. The van der Waals surface area contributed by atoms with Gasteiger partial charge < -0.3 is 20.8 Å². The molecule has 0 spiro atoms. The maximum Gasteiger partial charge on any atom is 0.306 e. The fourth-order valence-electron chi connectivity index (χ4n) is 5.40. The van der Waals surface area contributed by atoms with Crippen LogP contribution in [0.5, 0.6) is 0 Å². The summed E-state index contributed by atoms with van der Waals surface area (Å²) in [6, 6.07) is 35.1. The second-order valence-corrected chi connectivity index (χ2v) is 13.8. The summed E-state index contributed by atoms with van der Waals surface area (Å²) >= 11 is 2.48. The van der Waals surface area contributed by atoms with E-state index < -0.39 is 23.5 Å². The highest BCUT2D eigenvalue weighted by Gasteiger charge is 2.32. The standard InChI is InChI=1S/2C20H18N2O3S/c1-20(12-17(23)24,15-10-6-3-7-11-15)22-18(25)19-21-16(13-26-19)14-8-4-2-5-9-14;1-13-6-5-9-15(10-13)16(11-18(23)24)21-19(25)20-22-17(12-26-20)14-7-3-2-4-8-14/h2-11,13H,12H2,1H3,(H,22,25)(H,23,24);2-10,12,16H,11H2,1H3,(H,21,25)(H,23,24)/t20-;16-/m00/s1. The number of nitrogens with zero attached hydrogens (tertiary/aromatic N) is 2. The van der Waals surface area contributed by atoms with Crippen LogP contribution in [0.15, 0.2) is 126 Å². The number of hydrogen-bond donors (Lipinski definition) is 4. The SMILES string of the molecule is C[C@@](CC(=O)O)(NC(=O)c1nc(-c2ccccc2)cs1)c1ccccc1.Cc1cccc([C@H](CC(=O)O)NC(=O)c2nc(-c3ccccc3)cs2)c1. The van der Waals surface area contributed by atoms with Crippen LogP contribution in [0.4, 0.5) is 0 Å². The lowest BCUT2D eigenvalue weighted by atomic mass is 9.88. The number of carboxylic acids is 2. The van der Waals surface area contributed by atoms with Crippen molar-refractivity contribution in [3.8, 4) is 22.5 Å². The molecule has 0 saturated carbocycles. The number of nitrogens with one attached hydrogen (secondary N) is 2. The molecule has 0 aliphatic rings. The van der Waals surface area contributed by atoms with Crippen molar-refractivity contribution < 1.29 is 29.4 Å². The normalized spacial score (nSPS) is 12.3. The van der Waals surface area contributed by atoms with E-state index in [-0.39, 0.29) is 24.7 Å². The highest BCUT2D eigenvalue weighted by Crippen LogP contribution is 2.28. The number of carbonyl (C=O) groups excluding carboxylic acids is 2. The quantitative estimate of drug-likeness (QED) is 0.0986. The zero-order valence-electron chi connectivity index (χ0n) is 28.4. The number of carboxylic acid groups (broad SMARTS) is 2. The molecule has 6 aromatic rings. The number of rotatable bonds is 12. The Labute approximate surface area is 308 Å². The largest absolute Gasteiger partial charge is 0.481 e. The molecule has 0 saturated heterocycles. The first kappa shape index (κ1) is 37.3. The number of benzene rings is 4. The third kappa shape index (κ3) is 10.1. The molecule has 2 aromatic heterocycles. The highest BCUT2D eigenvalue weighted by atomic mass is 32.1. The molecule has 52 heavy (non-hydrogen) atoms. The Hall–Kier alpha value is -5.98. The van der Waals surface area contributed by atoms with Crippen LogP contribution in [0.2, 0.25) is 0 Å². The topological polar surface area (TPSA) is 159 Å². The van der Waals surface area contributed by atoms with Crippen LogP contribution >= 0.6 is 22.7 Å². The van der Waals surface area contributed by atoms with E-state index >= 15 is 0 Å². The average molecular weight is 733 g/mol. The van der Waals surface area contributed by atoms with Crippen LogP contribution in [0, 0.1) is 6.92 Å². The molecule has 0 fully saturated rings. The number of carbonyl (C=O) groups is 4. The van der Waals surface area contributed by atoms with Crippen molar-refractivity contribution in [2.24, 2.45) is 0 Å². The van der Waals surface area contributed by atoms with Gasteiger partial charge in [-0.25, -0.2) is 9.97 Å². The monoisotopic (exact) mass is 732 g/mol. The fourth-order valence-corrected chi connectivity index (χ4v) is 6.85. The Morgan fingerprint density at radius 1 is 0.692 bits per heavy atom. The average Bonchev–Trinajstić information content (AvgIpc) is 3.84. The van der Waals surface area contributed by atoms with Crippen molar-refractivity contribution in [3.05, 3.63) is 153 Å². The molecule has 12 heteroatoms. The summed E-state index contributed by atoms with van der Waals surface area (Å²) in [6.07, 6.45) is -0.411. The van der Waals surface area contributed by atoms with Gasteiger partial charge in [0.05, 0.1) is 35.8 Å². The molecule has 4 N–H and O–H groups in total. The molecule has 0 unspecified atom stereocenters. The van der Waals surface area contributed by atoms with Gasteiger partial charge in [0, 0.05) is 21.9 Å². The number of aromatic nitrogens is 2. The lowest BCUT2D eigenvalue weighted by molar-refractivity contribution is -0.139. The molecule has 0 bridgehead atoms. The molecule has 0 aliphatic carbocycles. The molecular weight excluding hydrogens is 697 g/mol. The van der Waals surface area contributed by atoms with Crippen molar-refractivity contribution in [2.75, 3.05) is 0 Å². The zero-order chi connectivity index (χ0) is 37.1. The van der Waals surface area contributed by atoms with Crippen molar-refractivity contribution >= 4 is 46.4 Å². The van der Waals surface area contributed by atoms with Gasteiger partial charge in [-0.3, -0.25) is 19.2 Å². The molecule has 0 aliphatic heterocycles. The van der Waals surface area contributed by atoms with Crippen LogP contribution in [0.3, 0.4) is 0 Å². The number of aliphatic carboxylic acids is 2. The van der Waals surface area contributed by atoms with Crippen molar-refractivity contribution in [2.45, 2.75) is 38.3 Å². The Balaban J connectivity index is 0.000000201. The summed E-state index contributed by atoms with van der Waals surface area (Å²) in [4.78, 5) is 56.6. The minimum Gasteiger partial charge on any atom is -0.481 e. The first-order chi connectivity index (χ1) is 25.0. The van der Waals surface area contributed by atoms with Gasteiger partial charge in [0.1, 0.15) is 0 Å². The zero-order valence-corrected chi connectivity index (χ0v) is 30.0. The van der Waals surface area contributed by atoms with Crippen LogP contribution in [-0.2, 0) is 15.1 Å². The Bertz CT molecular complexity index is 2140. The van der Waals surface area contributed by atoms with E-state index in [0.29, 0.717) is 10.0 Å². The molecular formula is C40H36N4O6S2. The molecule has 6 rings (SSSR count). The van der Waals surface area contributed by atoms with Gasteiger partial charge in [0.15, 0.2) is 10.0 Å². The Morgan fingerprint density at radius 2 is 1.21 bits per heavy atom. The van der Waals surface area contributed by atoms with Gasteiger partial charge in [-0.1, -0.05) is 121 Å². The highest BCUT2D eigenvalue weighted by molar-refractivity contribution is 7.12. The fraction of sp³-hybridized carbons (Fsp3) is 0.150. The minimum absolute atomic E-state index is 0.188. The molecule has 2 atom stereocenters. The molecule has 10 nitrogen and oxygen atoms in total. The summed E-state index contributed by atoms with van der Waals surface area (Å²) in [5.74, 6) is -2.71. The second-order valence-electron chi connectivity index (χ2n) is 12.1. The summed E-state index contributed by atoms with van der Waals surface area (Å²) < 4.78 is 0. The minimum atomic E-state index is -1.03. The van der Waals surface area contributed by atoms with Gasteiger partial charge in [-0.2, -0.15) is 0 Å². The maximum atomic E-state index is 12.7. The van der Waals surface area contributed by atoms with E-state index in [1.54, 1.807) is 19.1 Å². The van der Waals surface area contributed by atoms with Crippen molar-refractivity contribution in [3.63, 3.8) is 0 Å². The first-order valence-corrected chi connectivity index (χ1v) is 18.0. The molecule has 2 amide bonds. The summed E-state index contributed by atoms with van der Waals surface area (Å²) in [5, 5.41) is 28.4. The van der Waals surface area contributed by atoms with E-state index in [0.717, 1.165) is 39.2 Å². The van der Waals surface area contributed by atoms with E-state index in [1.807, 2.05) is 121 Å². The van der Waals surface area contributed by atoms with Crippen molar-refractivity contribution in [1.82, 2.24) is 20.6 Å². The predicted molar refractivity (Wildman–Crippen MR) is 202 cm³/mol. The van der Waals surface area contributed by atoms with E-state index in [1.165, 1.54) is 22.7 Å². The third-order valence-corrected chi connectivity index (χ3v) is 9.65. The van der Waals surface area contributed by atoms with E-state index in [9.17, 15) is 29.4 Å². The predicted octanol–water partition coefficient (Wildman–Crippen LogP) is 7.99. The van der Waals surface area contributed by atoms with Crippen LogP contribution < -0.4 is 10.6 Å². The maximum absolute atomic E-state index is 12.7. The van der Waals surface area contributed by atoms with Gasteiger partial charge in [-0.05, 0) is 25.0 Å². The second kappa shape index (κ2) is 17.3. The summed E-state index contributed by atoms with van der Waals surface area (Å²) in [5.41, 5.74) is 4.79. The van der Waals surface area contributed by atoms with Crippen LogP contribution in [0.1, 0.15) is 62.1 Å². The molecule has 2 heterocycles. The molecule has 264 valence electrons. The molecule has 4 aromatic carbocycles. The van der Waals surface area contributed by atoms with E-state index in [2.05, 4.69) is 20.6 Å². The van der Waals surface area contributed by atoms with Gasteiger partial charge >= 0.3 is 11.9 Å². The van der Waals surface area contributed by atoms with Gasteiger partial charge in [0.2, 0.25) is 0 Å². The van der Waals surface area contributed by atoms with Crippen LogP contribution in [-0.4, -0.2) is 43.9 Å². The lowest BCUT2D eigenvalue weighted by Gasteiger charge is -2.29. The van der Waals surface area contributed by atoms with Crippen LogP contribution in [0.25, 0.3) is 22.5 Å². The number of amides is 2. The Morgan fingerprint density at radius 3 is 1.71 bits per heavy atom. The summed E-state index contributed by atoms with van der Waals surface area (Å²) in [6.45, 7) is 3.64. The van der Waals surface area contributed by atoms with Gasteiger partial charge in [0.25, 0.3) is 11.8 Å². The number of hydrogen-bond acceptors (Lipinski definition) is 8. The molecule has 0 radical (unpaired) electrons. The first-order valence-electron chi connectivity index (χ1n) is 16.2. The van der Waals surface area contributed by atoms with E-state index in [4.69, 9.17) is 0 Å². The smallest absolute Gasteiger partial charge is 0.306 e. The number of aryl methyl sites for hydroxylation is 1.